The van der Waals surface area contributed by atoms with Crippen molar-refractivity contribution in [1.29, 1.82) is 0 Å². The number of likely N-dealkylation sites (tertiary alicyclic amines) is 1. The summed E-state index contributed by atoms with van der Waals surface area (Å²) in [5.41, 5.74) is 5.41. The fourth-order valence-electron chi connectivity index (χ4n) is 2.04. The topological polar surface area (TPSA) is 68.2 Å². The van der Waals surface area contributed by atoms with Crippen LogP contribution < -0.4 is 5.73 Å². The molecule has 78 valence electrons. The first kappa shape index (κ1) is 9.45. The monoisotopic (exact) mass is 196 g/mol. The predicted molar refractivity (Wildman–Crippen MR) is 52.5 cm³/mol. The smallest absolute Gasteiger partial charge is 0.318 e. The quantitative estimate of drug-likeness (QED) is 0.769. The molecule has 2 heterocycles. The van der Waals surface area contributed by atoms with Gasteiger partial charge in [-0.05, 0) is 25.9 Å². The SMILES string of the molecule is CCN1CCCCC1c1noc(N)n1. The molecule has 1 aliphatic rings. The summed E-state index contributed by atoms with van der Waals surface area (Å²) in [5, 5.41) is 3.88. The van der Waals surface area contributed by atoms with Crippen LogP contribution in [0.3, 0.4) is 0 Å². The van der Waals surface area contributed by atoms with Gasteiger partial charge in [-0.2, -0.15) is 4.98 Å². The van der Waals surface area contributed by atoms with E-state index in [1.54, 1.807) is 0 Å². The number of anilines is 1. The number of aromatic nitrogens is 2. The third-order valence-electron chi connectivity index (χ3n) is 2.78. The van der Waals surface area contributed by atoms with Crippen LogP contribution in [-0.4, -0.2) is 28.1 Å². The molecular weight excluding hydrogens is 180 g/mol. The summed E-state index contributed by atoms with van der Waals surface area (Å²) in [5.74, 6) is 0.740. The standard InChI is InChI=1S/C9H16N4O/c1-2-13-6-4-3-5-7(13)8-11-9(10)14-12-8/h7H,2-6H2,1H3,(H2,10,11,12). The Morgan fingerprint density at radius 3 is 3.07 bits per heavy atom. The molecule has 1 aromatic heterocycles. The van der Waals surface area contributed by atoms with Crippen molar-refractivity contribution in [2.24, 2.45) is 0 Å². The third kappa shape index (κ3) is 1.72. The lowest BCUT2D eigenvalue weighted by molar-refractivity contribution is 0.147. The van der Waals surface area contributed by atoms with Gasteiger partial charge in [-0.15, -0.1) is 0 Å². The van der Waals surface area contributed by atoms with Crippen LogP contribution in [0.1, 0.15) is 38.1 Å². The Morgan fingerprint density at radius 1 is 1.57 bits per heavy atom. The maximum Gasteiger partial charge on any atom is 0.318 e. The molecule has 1 fully saturated rings. The lowest BCUT2D eigenvalue weighted by atomic mass is 10.0. The van der Waals surface area contributed by atoms with Crippen LogP contribution in [0.2, 0.25) is 0 Å². The molecule has 0 radical (unpaired) electrons. The van der Waals surface area contributed by atoms with Crippen LogP contribution in [0.4, 0.5) is 6.01 Å². The summed E-state index contributed by atoms with van der Waals surface area (Å²) in [6, 6.07) is 0.469. The molecule has 0 aliphatic carbocycles. The van der Waals surface area contributed by atoms with E-state index in [1.807, 2.05) is 0 Å². The minimum Gasteiger partial charge on any atom is -0.351 e. The number of hydrogen-bond donors (Lipinski definition) is 1. The minimum absolute atomic E-state index is 0.168. The van der Waals surface area contributed by atoms with Crippen molar-refractivity contribution in [2.45, 2.75) is 32.2 Å². The molecule has 2 rings (SSSR count). The zero-order chi connectivity index (χ0) is 9.97. The van der Waals surface area contributed by atoms with E-state index in [0.29, 0.717) is 6.04 Å². The van der Waals surface area contributed by atoms with E-state index >= 15 is 0 Å². The molecule has 1 atom stereocenters. The highest BCUT2D eigenvalue weighted by molar-refractivity contribution is 5.09. The van der Waals surface area contributed by atoms with E-state index in [0.717, 1.165) is 25.3 Å². The van der Waals surface area contributed by atoms with Crippen LogP contribution >= 0.6 is 0 Å². The minimum atomic E-state index is 0.168. The van der Waals surface area contributed by atoms with Gasteiger partial charge in [-0.1, -0.05) is 18.5 Å². The Hall–Kier alpha value is -1.10. The molecule has 2 N–H and O–H groups in total. The first-order valence-electron chi connectivity index (χ1n) is 5.14. The lowest BCUT2D eigenvalue weighted by Gasteiger charge is -2.32. The predicted octanol–water partition coefficient (Wildman–Crippen LogP) is 1.20. The summed E-state index contributed by atoms with van der Waals surface area (Å²) >= 11 is 0. The molecule has 14 heavy (non-hydrogen) atoms. The van der Waals surface area contributed by atoms with Gasteiger partial charge < -0.3 is 10.3 Å². The molecule has 0 saturated carbocycles. The first-order valence-corrected chi connectivity index (χ1v) is 5.14. The van der Waals surface area contributed by atoms with E-state index in [9.17, 15) is 0 Å². The van der Waals surface area contributed by atoms with Crippen molar-refractivity contribution < 1.29 is 4.52 Å². The second kappa shape index (κ2) is 3.96. The Balaban J connectivity index is 2.14. The Bertz CT molecular complexity index is 299. The van der Waals surface area contributed by atoms with Gasteiger partial charge in [0.1, 0.15) is 0 Å². The average Bonchev–Trinajstić information content (AvgIpc) is 2.65. The summed E-state index contributed by atoms with van der Waals surface area (Å²) in [7, 11) is 0. The van der Waals surface area contributed by atoms with Crippen LogP contribution in [0.15, 0.2) is 4.52 Å². The second-order valence-corrected chi connectivity index (χ2v) is 3.63. The van der Waals surface area contributed by atoms with E-state index < -0.39 is 0 Å². The number of nitrogen functional groups attached to an aromatic ring is 1. The zero-order valence-electron chi connectivity index (χ0n) is 8.44. The molecule has 0 amide bonds. The maximum atomic E-state index is 5.41. The lowest BCUT2D eigenvalue weighted by Crippen LogP contribution is -2.33. The Morgan fingerprint density at radius 2 is 2.43 bits per heavy atom. The van der Waals surface area contributed by atoms with Crippen molar-refractivity contribution in [1.82, 2.24) is 15.0 Å². The molecule has 1 aliphatic heterocycles. The molecule has 1 aromatic rings. The van der Waals surface area contributed by atoms with Gasteiger partial charge in [0.15, 0.2) is 5.82 Å². The van der Waals surface area contributed by atoms with Crippen molar-refractivity contribution in [2.75, 3.05) is 18.8 Å². The molecular formula is C9H16N4O. The van der Waals surface area contributed by atoms with Gasteiger partial charge in [-0.3, -0.25) is 4.90 Å². The third-order valence-corrected chi connectivity index (χ3v) is 2.78. The highest BCUT2D eigenvalue weighted by Crippen LogP contribution is 2.28. The van der Waals surface area contributed by atoms with Gasteiger partial charge in [0, 0.05) is 0 Å². The Kier molecular flexibility index (Phi) is 2.67. The first-order chi connectivity index (χ1) is 6.81. The molecule has 0 aromatic carbocycles. The van der Waals surface area contributed by atoms with Crippen LogP contribution in [0.25, 0.3) is 0 Å². The van der Waals surface area contributed by atoms with Crippen LogP contribution in [0.5, 0.6) is 0 Å². The van der Waals surface area contributed by atoms with Gasteiger partial charge in [0.25, 0.3) is 0 Å². The number of piperidine rings is 1. The van der Waals surface area contributed by atoms with E-state index in [4.69, 9.17) is 10.3 Å². The fourth-order valence-corrected chi connectivity index (χ4v) is 2.04. The van der Waals surface area contributed by atoms with Crippen molar-refractivity contribution >= 4 is 6.01 Å². The second-order valence-electron chi connectivity index (χ2n) is 3.63. The largest absolute Gasteiger partial charge is 0.351 e. The summed E-state index contributed by atoms with van der Waals surface area (Å²) < 4.78 is 4.80. The van der Waals surface area contributed by atoms with Gasteiger partial charge in [0.2, 0.25) is 0 Å². The Labute approximate surface area is 83.3 Å². The zero-order valence-corrected chi connectivity index (χ0v) is 8.44. The van der Waals surface area contributed by atoms with Crippen molar-refractivity contribution in [3.8, 4) is 0 Å². The molecule has 1 unspecified atom stereocenters. The van der Waals surface area contributed by atoms with Gasteiger partial charge >= 0.3 is 6.01 Å². The molecule has 1 saturated heterocycles. The number of rotatable bonds is 2. The van der Waals surface area contributed by atoms with E-state index in [1.165, 1.54) is 12.8 Å². The van der Waals surface area contributed by atoms with Crippen molar-refractivity contribution in [3.63, 3.8) is 0 Å². The average molecular weight is 196 g/mol. The van der Waals surface area contributed by atoms with E-state index in [2.05, 4.69) is 22.0 Å². The normalized spacial score (nSPS) is 23.9. The van der Waals surface area contributed by atoms with E-state index in [-0.39, 0.29) is 6.01 Å². The highest BCUT2D eigenvalue weighted by atomic mass is 16.5. The highest BCUT2D eigenvalue weighted by Gasteiger charge is 2.26. The number of hydrogen-bond acceptors (Lipinski definition) is 5. The fraction of sp³-hybridized carbons (Fsp3) is 0.778. The van der Waals surface area contributed by atoms with Crippen LogP contribution in [0, 0.1) is 0 Å². The van der Waals surface area contributed by atoms with Gasteiger partial charge in [-0.25, -0.2) is 0 Å². The molecule has 5 nitrogen and oxygen atoms in total. The summed E-state index contributed by atoms with van der Waals surface area (Å²) in [4.78, 5) is 6.46. The van der Waals surface area contributed by atoms with Gasteiger partial charge in [0.05, 0.1) is 6.04 Å². The van der Waals surface area contributed by atoms with Crippen LogP contribution in [-0.2, 0) is 0 Å². The molecule has 0 spiro atoms. The summed E-state index contributed by atoms with van der Waals surface area (Å²) in [6.07, 6.45) is 3.60. The molecule has 5 heteroatoms. The van der Waals surface area contributed by atoms with Crippen molar-refractivity contribution in [3.05, 3.63) is 5.82 Å². The molecule has 0 bridgehead atoms. The summed E-state index contributed by atoms with van der Waals surface area (Å²) in [6.45, 7) is 4.30. The maximum absolute atomic E-state index is 5.41. The number of nitrogens with two attached hydrogens (primary N) is 1. The number of nitrogens with zero attached hydrogens (tertiary/aromatic N) is 3.